The third-order valence-electron chi connectivity index (χ3n) is 3.75. The van der Waals surface area contributed by atoms with Crippen molar-refractivity contribution >= 4 is 23.0 Å². The highest BCUT2D eigenvalue weighted by atomic mass is 32.1. The minimum Gasteiger partial charge on any atom is -0.493 e. The van der Waals surface area contributed by atoms with E-state index in [-0.39, 0.29) is 5.75 Å². The summed E-state index contributed by atoms with van der Waals surface area (Å²) in [6.45, 7) is -0.557. The molecule has 5 nitrogen and oxygen atoms in total. The van der Waals surface area contributed by atoms with Gasteiger partial charge in [-0.2, -0.15) is 8.78 Å². The van der Waals surface area contributed by atoms with E-state index < -0.39 is 6.61 Å². The van der Waals surface area contributed by atoms with E-state index in [1.165, 1.54) is 6.07 Å². The molecule has 0 fully saturated rings. The first-order valence-electron chi connectivity index (χ1n) is 8.24. The zero-order valence-electron chi connectivity index (χ0n) is 15.3. The minimum atomic E-state index is -2.90. The van der Waals surface area contributed by atoms with Crippen molar-refractivity contribution in [3.63, 3.8) is 0 Å². The number of hydrogen-bond acceptors (Lipinski definition) is 4. The number of benzene rings is 2. The largest absolute Gasteiger partial charge is 0.493 e. The van der Waals surface area contributed by atoms with E-state index in [0.717, 1.165) is 11.1 Å². The summed E-state index contributed by atoms with van der Waals surface area (Å²) in [7, 11) is 3.17. The highest BCUT2D eigenvalue weighted by Crippen LogP contribution is 2.28. The van der Waals surface area contributed by atoms with Crippen LogP contribution in [0.1, 0.15) is 11.1 Å². The lowest BCUT2D eigenvalue weighted by Crippen LogP contribution is -2.30. The molecule has 0 bridgehead atoms. The topological polar surface area (TPSA) is 51.8 Å². The Bertz CT molecular complexity index is 788. The molecule has 2 aromatic rings. The number of nitrogens with one attached hydrogen (secondary N) is 2. The van der Waals surface area contributed by atoms with Gasteiger partial charge in [0.05, 0.1) is 19.9 Å². The molecule has 146 valence electrons. The molecule has 0 aromatic heterocycles. The number of aryl methyl sites for hydroxylation is 1. The molecule has 0 spiro atoms. The fourth-order valence-electron chi connectivity index (χ4n) is 2.45. The van der Waals surface area contributed by atoms with Gasteiger partial charge in [0.15, 0.2) is 16.6 Å². The summed E-state index contributed by atoms with van der Waals surface area (Å²) in [6, 6.07) is 10.6. The van der Waals surface area contributed by atoms with Gasteiger partial charge in [0.2, 0.25) is 0 Å². The fourth-order valence-corrected chi connectivity index (χ4v) is 2.66. The van der Waals surface area contributed by atoms with Gasteiger partial charge in [0.25, 0.3) is 0 Å². The van der Waals surface area contributed by atoms with Crippen LogP contribution in [0.5, 0.6) is 17.2 Å². The highest BCUT2D eigenvalue weighted by molar-refractivity contribution is 7.80. The highest BCUT2D eigenvalue weighted by Gasteiger charge is 2.11. The Morgan fingerprint density at radius 1 is 1.04 bits per heavy atom. The number of thiocarbonyl (C=S) groups is 1. The molecule has 0 aliphatic carbocycles. The van der Waals surface area contributed by atoms with Crippen LogP contribution in [0.2, 0.25) is 0 Å². The Morgan fingerprint density at radius 2 is 1.78 bits per heavy atom. The number of hydrogen-bond donors (Lipinski definition) is 2. The lowest BCUT2D eigenvalue weighted by atomic mass is 10.1. The summed E-state index contributed by atoms with van der Waals surface area (Å²) >= 11 is 5.24. The summed E-state index contributed by atoms with van der Waals surface area (Å²) in [4.78, 5) is 0. The van der Waals surface area contributed by atoms with Crippen molar-refractivity contribution in [3.8, 4) is 17.2 Å². The minimum absolute atomic E-state index is 0.0500. The first-order valence-corrected chi connectivity index (χ1v) is 8.65. The molecule has 0 aliphatic heterocycles. The van der Waals surface area contributed by atoms with Crippen LogP contribution < -0.4 is 24.8 Å². The van der Waals surface area contributed by atoms with E-state index in [2.05, 4.69) is 15.4 Å². The lowest BCUT2D eigenvalue weighted by Gasteiger charge is -2.15. The molecular weight excluding hydrogens is 374 g/mol. The summed E-state index contributed by atoms with van der Waals surface area (Å²) in [6.07, 6.45) is 0.691. The number of methoxy groups -OCH3 is 2. The van der Waals surface area contributed by atoms with Gasteiger partial charge in [-0.25, -0.2) is 0 Å². The number of rotatable bonds is 8. The van der Waals surface area contributed by atoms with Gasteiger partial charge in [0.1, 0.15) is 5.75 Å². The Kier molecular flexibility index (Phi) is 7.60. The Hall–Kier alpha value is -2.61. The summed E-state index contributed by atoms with van der Waals surface area (Å²) in [5.41, 5.74) is 2.23. The van der Waals surface area contributed by atoms with Gasteiger partial charge in [-0.05, 0) is 61.0 Å². The lowest BCUT2D eigenvalue weighted by molar-refractivity contribution is -0.0493. The van der Waals surface area contributed by atoms with Crippen LogP contribution in [-0.2, 0) is 6.42 Å². The summed E-state index contributed by atoms with van der Waals surface area (Å²) in [5.74, 6) is 1.37. The third kappa shape index (κ3) is 6.25. The molecule has 0 saturated heterocycles. The second kappa shape index (κ2) is 9.91. The summed E-state index contributed by atoms with van der Waals surface area (Å²) in [5, 5.41) is 6.25. The maximum atomic E-state index is 12.6. The molecule has 8 heteroatoms. The Balaban J connectivity index is 1.92. The van der Waals surface area contributed by atoms with Crippen molar-refractivity contribution in [2.24, 2.45) is 0 Å². The van der Waals surface area contributed by atoms with E-state index in [1.54, 1.807) is 33.3 Å². The van der Waals surface area contributed by atoms with Crippen LogP contribution >= 0.6 is 12.2 Å². The van der Waals surface area contributed by atoms with E-state index in [0.29, 0.717) is 35.3 Å². The van der Waals surface area contributed by atoms with Crippen molar-refractivity contribution in [1.29, 1.82) is 0 Å². The van der Waals surface area contributed by atoms with Crippen LogP contribution in [0.15, 0.2) is 36.4 Å². The first-order chi connectivity index (χ1) is 12.9. The van der Waals surface area contributed by atoms with Crippen LogP contribution in [0.4, 0.5) is 14.5 Å². The molecule has 0 radical (unpaired) electrons. The van der Waals surface area contributed by atoms with Crippen molar-refractivity contribution in [2.75, 3.05) is 26.1 Å². The van der Waals surface area contributed by atoms with Crippen LogP contribution in [0, 0.1) is 6.92 Å². The average Bonchev–Trinajstić information content (AvgIpc) is 2.63. The van der Waals surface area contributed by atoms with Gasteiger partial charge < -0.3 is 24.8 Å². The second-order valence-electron chi connectivity index (χ2n) is 5.70. The molecule has 0 unspecified atom stereocenters. The fraction of sp³-hybridized carbons (Fsp3) is 0.316. The number of ether oxygens (including phenoxy) is 3. The Labute approximate surface area is 162 Å². The molecule has 0 aliphatic rings. The monoisotopic (exact) mass is 396 g/mol. The zero-order valence-corrected chi connectivity index (χ0v) is 16.2. The van der Waals surface area contributed by atoms with Gasteiger partial charge in [-0.15, -0.1) is 0 Å². The van der Waals surface area contributed by atoms with Crippen LogP contribution in [-0.4, -0.2) is 32.5 Å². The van der Waals surface area contributed by atoms with Gasteiger partial charge in [-0.1, -0.05) is 12.1 Å². The normalized spacial score (nSPS) is 10.4. The average molecular weight is 396 g/mol. The molecular formula is C19H22F2N2O3S. The number of alkyl halides is 2. The van der Waals surface area contributed by atoms with Crippen molar-refractivity contribution in [3.05, 3.63) is 47.5 Å². The maximum absolute atomic E-state index is 12.6. The predicted octanol–water partition coefficient (Wildman–Crippen LogP) is 4.14. The SMILES string of the molecule is COc1ccc(CCNC(=S)Nc2ccc(C)cc2OC(F)F)cc1OC. The standard InChI is InChI=1S/C19H22F2N2O3S/c1-12-4-6-14(16(10-12)26-18(20)21)23-19(27)22-9-8-13-5-7-15(24-2)17(11-13)25-3/h4-7,10-11,18H,8-9H2,1-3H3,(H2,22,23,27). The predicted molar refractivity (Wildman–Crippen MR) is 105 cm³/mol. The number of halogens is 2. The maximum Gasteiger partial charge on any atom is 0.387 e. The molecule has 2 aromatic carbocycles. The van der Waals surface area contributed by atoms with Crippen molar-refractivity contribution < 1.29 is 23.0 Å². The molecule has 0 heterocycles. The summed E-state index contributed by atoms with van der Waals surface area (Å²) < 4.78 is 40.1. The van der Waals surface area contributed by atoms with Crippen LogP contribution in [0.3, 0.4) is 0 Å². The molecule has 27 heavy (non-hydrogen) atoms. The van der Waals surface area contributed by atoms with Gasteiger partial charge >= 0.3 is 6.61 Å². The molecule has 0 saturated carbocycles. The quantitative estimate of drug-likeness (QED) is 0.654. The molecule has 2 N–H and O–H groups in total. The van der Waals surface area contributed by atoms with E-state index >= 15 is 0 Å². The van der Waals surface area contributed by atoms with Gasteiger partial charge in [0, 0.05) is 6.54 Å². The van der Waals surface area contributed by atoms with E-state index in [9.17, 15) is 8.78 Å². The van der Waals surface area contributed by atoms with Crippen molar-refractivity contribution in [2.45, 2.75) is 20.0 Å². The number of anilines is 1. The molecule has 0 amide bonds. The van der Waals surface area contributed by atoms with E-state index in [1.807, 2.05) is 18.2 Å². The second-order valence-corrected chi connectivity index (χ2v) is 6.11. The van der Waals surface area contributed by atoms with Crippen molar-refractivity contribution in [1.82, 2.24) is 5.32 Å². The smallest absolute Gasteiger partial charge is 0.387 e. The van der Waals surface area contributed by atoms with Gasteiger partial charge in [-0.3, -0.25) is 0 Å². The van der Waals surface area contributed by atoms with E-state index in [4.69, 9.17) is 21.7 Å². The Morgan fingerprint density at radius 3 is 2.44 bits per heavy atom. The molecule has 0 atom stereocenters. The first kappa shape index (κ1) is 20.7. The zero-order chi connectivity index (χ0) is 19.8. The molecule has 2 rings (SSSR count). The third-order valence-corrected chi connectivity index (χ3v) is 3.99. The van der Waals surface area contributed by atoms with Crippen LogP contribution in [0.25, 0.3) is 0 Å².